The smallest absolute Gasteiger partial charge is 0.475 e. The normalized spacial score (nSPS) is 14.4. The fourth-order valence-corrected chi connectivity index (χ4v) is 3.25. The highest BCUT2D eigenvalue weighted by atomic mass is 79.9. The van der Waals surface area contributed by atoms with E-state index in [1.165, 1.54) is 5.56 Å². The molecule has 5 N–H and O–H groups in total. The number of carboxylic acid groups (broad SMARTS) is 2. The number of imidazole rings is 1. The molecule has 1 atom stereocenters. The average molecular weight is 612 g/mol. The number of rotatable bonds is 4. The highest BCUT2D eigenvalue weighted by molar-refractivity contribution is 9.09. The van der Waals surface area contributed by atoms with Crippen molar-refractivity contribution in [1.82, 2.24) is 15.0 Å². The Bertz CT molecular complexity index is 1180. The number of nitrogens with zero attached hydrogens (tertiary/aromatic N) is 2. The molecule has 1 unspecified atom stereocenters. The van der Waals surface area contributed by atoms with Crippen molar-refractivity contribution in [3.05, 3.63) is 59.9 Å². The van der Waals surface area contributed by atoms with Gasteiger partial charge in [-0.2, -0.15) is 26.3 Å². The minimum absolute atomic E-state index is 0.445. The molecule has 0 saturated heterocycles. The largest absolute Gasteiger partial charge is 0.490 e. The van der Waals surface area contributed by atoms with E-state index in [0.29, 0.717) is 4.83 Å². The number of fused-ring (bicyclic) bond motifs is 1. The van der Waals surface area contributed by atoms with Crippen LogP contribution in [-0.4, -0.2) is 60.8 Å². The van der Waals surface area contributed by atoms with Crippen LogP contribution in [0.5, 0.6) is 0 Å². The number of alkyl halides is 7. The third-order valence-corrected chi connectivity index (χ3v) is 5.18. The Labute approximate surface area is 219 Å². The van der Waals surface area contributed by atoms with Gasteiger partial charge in [-0.1, -0.05) is 46.3 Å². The minimum Gasteiger partial charge on any atom is -0.475 e. The zero-order valence-electron chi connectivity index (χ0n) is 19.1. The molecule has 0 bridgehead atoms. The minimum atomic E-state index is -5.08. The second kappa shape index (κ2) is 13.1. The number of nitrogens with one attached hydrogen (secondary N) is 3. The first-order chi connectivity index (χ1) is 17.7. The third-order valence-electron chi connectivity index (χ3n) is 4.53. The van der Waals surface area contributed by atoms with Gasteiger partial charge in [0.25, 0.3) is 0 Å². The number of hydrogen-bond acceptors (Lipinski definition) is 6. The highest BCUT2D eigenvalue weighted by Crippen LogP contribution is 2.27. The Kier molecular flexibility index (Phi) is 10.5. The van der Waals surface area contributed by atoms with E-state index in [4.69, 9.17) is 19.8 Å². The number of aromatic nitrogens is 3. The van der Waals surface area contributed by atoms with Gasteiger partial charge >= 0.3 is 24.3 Å². The van der Waals surface area contributed by atoms with E-state index in [2.05, 4.69) is 53.6 Å². The first kappa shape index (κ1) is 30.4. The lowest BCUT2D eigenvalue weighted by Gasteiger charge is -2.16. The first-order valence-electron chi connectivity index (χ1n) is 10.5. The summed E-state index contributed by atoms with van der Waals surface area (Å²) in [4.78, 5) is 30.8. The summed E-state index contributed by atoms with van der Waals surface area (Å²) in [5.41, 5.74) is 3.37. The molecule has 0 radical (unpaired) electrons. The van der Waals surface area contributed by atoms with Gasteiger partial charge in [0.1, 0.15) is 17.5 Å². The van der Waals surface area contributed by atoms with E-state index in [9.17, 15) is 26.3 Å². The van der Waals surface area contributed by atoms with Gasteiger partial charge in [-0.05, 0) is 17.7 Å². The molecule has 0 amide bonds. The summed E-state index contributed by atoms with van der Waals surface area (Å²) < 4.78 is 63.5. The van der Waals surface area contributed by atoms with Gasteiger partial charge in [0.05, 0.1) is 5.69 Å². The van der Waals surface area contributed by atoms with Crippen molar-refractivity contribution in [2.75, 3.05) is 17.2 Å². The number of carbonyl (C=O) groups is 2. The Balaban J connectivity index is 0.000000301. The van der Waals surface area contributed by atoms with Crippen molar-refractivity contribution in [2.45, 2.75) is 30.1 Å². The Morgan fingerprint density at radius 3 is 2.08 bits per heavy atom. The lowest BCUT2D eigenvalue weighted by molar-refractivity contribution is -0.193. The molecule has 1 aromatic carbocycles. The standard InChI is InChI=1S/C18H18BrN5.2C2HF3O2/c19-14-8-15-18(22-11-14)24-17(23-15)13-6-7-16(21-10-13)20-9-12-4-2-1-3-5-12;2*3-2(4,5)1(6)7/h1-7,10,14,22H,8-9,11H2,(H,20,21)(H,23,24);2*(H,6,7). The number of aliphatic carboxylic acids is 2. The molecule has 0 fully saturated rings. The highest BCUT2D eigenvalue weighted by Gasteiger charge is 2.38. The first-order valence-corrected chi connectivity index (χ1v) is 11.4. The molecule has 1 aliphatic rings. The van der Waals surface area contributed by atoms with Crippen molar-refractivity contribution < 1.29 is 46.1 Å². The molecule has 3 heterocycles. The topological polar surface area (TPSA) is 140 Å². The average Bonchev–Trinajstić information content (AvgIpc) is 3.26. The summed E-state index contributed by atoms with van der Waals surface area (Å²) in [7, 11) is 0. The van der Waals surface area contributed by atoms with Gasteiger partial charge in [-0.25, -0.2) is 19.6 Å². The van der Waals surface area contributed by atoms with Crippen molar-refractivity contribution in [2.24, 2.45) is 0 Å². The molecule has 3 aromatic rings. The van der Waals surface area contributed by atoms with E-state index in [1.54, 1.807) is 0 Å². The molecule has 1 aliphatic heterocycles. The molecule has 0 aliphatic carbocycles. The van der Waals surface area contributed by atoms with Gasteiger partial charge in [-0.3, -0.25) is 0 Å². The van der Waals surface area contributed by atoms with E-state index in [0.717, 1.165) is 48.2 Å². The predicted octanol–water partition coefficient (Wildman–Crippen LogP) is 5.08. The van der Waals surface area contributed by atoms with Crippen LogP contribution in [0.2, 0.25) is 0 Å². The van der Waals surface area contributed by atoms with E-state index < -0.39 is 24.3 Å². The summed E-state index contributed by atoms with van der Waals surface area (Å²) in [6.07, 6.45) is -7.36. The molecule has 2 aromatic heterocycles. The lowest BCUT2D eigenvalue weighted by atomic mass is 10.2. The number of H-pyrrole nitrogens is 1. The van der Waals surface area contributed by atoms with Crippen LogP contribution in [0.15, 0.2) is 48.7 Å². The van der Waals surface area contributed by atoms with Gasteiger partial charge in [0.15, 0.2) is 0 Å². The van der Waals surface area contributed by atoms with Gasteiger partial charge in [0.2, 0.25) is 0 Å². The van der Waals surface area contributed by atoms with E-state index in [-0.39, 0.29) is 0 Å². The predicted molar refractivity (Wildman–Crippen MR) is 128 cm³/mol. The van der Waals surface area contributed by atoms with Crippen LogP contribution in [-0.2, 0) is 22.6 Å². The zero-order valence-corrected chi connectivity index (χ0v) is 20.7. The monoisotopic (exact) mass is 611 g/mol. The van der Waals surface area contributed by atoms with Gasteiger partial charge < -0.3 is 25.8 Å². The summed E-state index contributed by atoms with van der Waals surface area (Å²) in [6.45, 7) is 1.66. The fourth-order valence-electron chi connectivity index (χ4n) is 2.77. The molecular formula is C22H20BrF6N5O4. The van der Waals surface area contributed by atoms with Crippen LogP contribution >= 0.6 is 15.9 Å². The molecule has 206 valence electrons. The Hall–Kier alpha value is -3.82. The van der Waals surface area contributed by atoms with Crippen LogP contribution in [0.3, 0.4) is 0 Å². The lowest BCUT2D eigenvalue weighted by Crippen LogP contribution is -2.22. The number of carboxylic acids is 2. The summed E-state index contributed by atoms with van der Waals surface area (Å²) >= 11 is 3.64. The van der Waals surface area contributed by atoms with Crippen molar-refractivity contribution in [3.8, 4) is 11.4 Å². The van der Waals surface area contributed by atoms with E-state index >= 15 is 0 Å². The fraction of sp³-hybridized carbons (Fsp3) is 0.273. The van der Waals surface area contributed by atoms with Gasteiger partial charge in [-0.15, -0.1) is 0 Å². The maximum atomic E-state index is 10.6. The van der Waals surface area contributed by atoms with Gasteiger partial charge in [0, 0.05) is 36.1 Å². The molecule has 0 spiro atoms. The molecule has 16 heteroatoms. The second-order valence-electron chi connectivity index (χ2n) is 7.47. The number of benzene rings is 1. The summed E-state index contributed by atoms with van der Waals surface area (Å²) in [6, 6.07) is 14.3. The Morgan fingerprint density at radius 2 is 1.58 bits per heavy atom. The van der Waals surface area contributed by atoms with Crippen LogP contribution in [0.1, 0.15) is 11.3 Å². The molecule has 0 saturated carbocycles. The molecule has 4 rings (SSSR count). The third kappa shape index (κ3) is 9.91. The van der Waals surface area contributed by atoms with Crippen molar-refractivity contribution in [1.29, 1.82) is 0 Å². The maximum Gasteiger partial charge on any atom is 0.490 e. The van der Waals surface area contributed by atoms with Crippen LogP contribution in [0, 0.1) is 0 Å². The number of hydrogen-bond donors (Lipinski definition) is 5. The van der Waals surface area contributed by atoms with Crippen LogP contribution < -0.4 is 10.6 Å². The Morgan fingerprint density at radius 1 is 1.00 bits per heavy atom. The molecule has 38 heavy (non-hydrogen) atoms. The van der Waals surface area contributed by atoms with Crippen molar-refractivity contribution >= 4 is 39.5 Å². The zero-order chi connectivity index (χ0) is 28.5. The number of aromatic amines is 1. The number of anilines is 2. The quantitative estimate of drug-likeness (QED) is 0.203. The second-order valence-corrected chi connectivity index (χ2v) is 8.77. The van der Waals surface area contributed by atoms with Crippen LogP contribution in [0.4, 0.5) is 38.0 Å². The SMILES string of the molecule is BrC1CNc2nc(-c3ccc(NCc4ccccc4)nc3)[nH]c2C1.O=C(O)C(F)(F)F.O=C(O)C(F)(F)F. The maximum absolute atomic E-state index is 10.6. The number of pyridine rings is 1. The summed E-state index contributed by atoms with van der Waals surface area (Å²) in [5, 5.41) is 20.9. The van der Waals surface area contributed by atoms with Crippen molar-refractivity contribution in [3.63, 3.8) is 0 Å². The van der Waals surface area contributed by atoms with Crippen LogP contribution in [0.25, 0.3) is 11.4 Å². The number of halogens is 7. The summed E-state index contributed by atoms with van der Waals surface area (Å²) in [5.74, 6) is -2.85. The molecular weight excluding hydrogens is 592 g/mol. The molecule has 9 nitrogen and oxygen atoms in total. The van der Waals surface area contributed by atoms with E-state index in [1.807, 2.05) is 36.5 Å².